The van der Waals surface area contributed by atoms with Gasteiger partial charge in [-0.3, -0.25) is 4.79 Å². The van der Waals surface area contributed by atoms with E-state index in [1.807, 2.05) is 36.4 Å². The zero-order valence-electron chi connectivity index (χ0n) is 9.81. The van der Waals surface area contributed by atoms with Gasteiger partial charge in [0.2, 0.25) is 0 Å². The number of Topliss-reactive ketones (excluding diaryl/α,β-unsaturated/α-hetero) is 1. The second-order valence-corrected chi connectivity index (χ2v) is 5.38. The van der Waals surface area contributed by atoms with Gasteiger partial charge in [0.1, 0.15) is 0 Å². The molecule has 0 bridgehead atoms. The van der Waals surface area contributed by atoms with Gasteiger partial charge in [0, 0.05) is 20.5 Å². The van der Waals surface area contributed by atoms with Gasteiger partial charge in [0.05, 0.1) is 5.56 Å². The van der Waals surface area contributed by atoms with Crippen molar-refractivity contribution in [3.05, 3.63) is 53.1 Å². The smallest absolute Gasteiger partial charge is 0.163 e. The van der Waals surface area contributed by atoms with E-state index in [4.69, 9.17) is 17.3 Å². The van der Waals surface area contributed by atoms with Gasteiger partial charge in [0.25, 0.3) is 0 Å². The standard InChI is InChI=1S/C14H12ClNOS/c1-9(17)14-12(16)3-2-4-13(14)18-11-7-5-10(15)6-8-11/h2-8H,16H2,1H3. The molecule has 0 heterocycles. The number of halogens is 1. The van der Waals surface area contributed by atoms with Crippen LogP contribution in [0.25, 0.3) is 0 Å². The number of hydrogen-bond acceptors (Lipinski definition) is 3. The minimum atomic E-state index is -0.0236. The van der Waals surface area contributed by atoms with Gasteiger partial charge in [-0.05, 0) is 43.3 Å². The SMILES string of the molecule is CC(=O)c1c(N)cccc1Sc1ccc(Cl)cc1. The first-order chi connectivity index (χ1) is 8.58. The predicted octanol–water partition coefficient (Wildman–Crippen LogP) is 4.28. The van der Waals surface area contributed by atoms with Gasteiger partial charge >= 0.3 is 0 Å². The fourth-order valence-corrected chi connectivity index (χ4v) is 2.80. The maximum atomic E-state index is 11.6. The van der Waals surface area contributed by atoms with E-state index in [1.165, 1.54) is 18.7 Å². The fourth-order valence-electron chi connectivity index (χ4n) is 1.64. The van der Waals surface area contributed by atoms with Gasteiger partial charge in [-0.1, -0.05) is 29.4 Å². The van der Waals surface area contributed by atoms with Crippen molar-refractivity contribution in [2.24, 2.45) is 0 Å². The molecule has 0 aromatic heterocycles. The van der Waals surface area contributed by atoms with Crippen LogP contribution in [0.15, 0.2) is 52.3 Å². The third kappa shape index (κ3) is 2.86. The summed E-state index contributed by atoms with van der Waals surface area (Å²) in [5.74, 6) is -0.0236. The topological polar surface area (TPSA) is 43.1 Å². The third-order valence-electron chi connectivity index (χ3n) is 2.45. The molecule has 0 spiro atoms. The lowest BCUT2D eigenvalue weighted by molar-refractivity contribution is 0.101. The number of hydrogen-bond donors (Lipinski definition) is 1. The second kappa shape index (κ2) is 5.46. The first-order valence-electron chi connectivity index (χ1n) is 5.41. The van der Waals surface area contributed by atoms with Gasteiger partial charge in [0.15, 0.2) is 5.78 Å². The molecule has 2 N–H and O–H groups in total. The quantitative estimate of drug-likeness (QED) is 0.673. The Hall–Kier alpha value is -1.45. The highest BCUT2D eigenvalue weighted by molar-refractivity contribution is 7.99. The molecular formula is C14H12ClNOS. The lowest BCUT2D eigenvalue weighted by atomic mass is 10.1. The molecule has 0 amide bonds. The van der Waals surface area contributed by atoms with Crippen LogP contribution in [-0.4, -0.2) is 5.78 Å². The average Bonchev–Trinajstić information content (AvgIpc) is 2.32. The van der Waals surface area contributed by atoms with Crippen LogP contribution in [0.1, 0.15) is 17.3 Å². The molecule has 2 rings (SSSR count). The lowest BCUT2D eigenvalue weighted by Crippen LogP contribution is -2.01. The maximum Gasteiger partial charge on any atom is 0.163 e. The van der Waals surface area contributed by atoms with Crippen molar-refractivity contribution in [1.82, 2.24) is 0 Å². The highest BCUT2D eigenvalue weighted by atomic mass is 35.5. The van der Waals surface area contributed by atoms with Crippen LogP contribution in [-0.2, 0) is 0 Å². The molecular weight excluding hydrogens is 266 g/mol. The van der Waals surface area contributed by atoms with Crippen LogP contribution in [0.2, 0.25) is 5.02 Å². The first kappa shape index (κ1) is 13.0. The highest BCUT2D eigenvalue weighted by Crippen LogP contribution is 2.33. The average molecular weight is 278 g/mol. The molecule has 0 aliphatic carbocycles. The number of ketones is 1. The summed E-state index contributed by atoms with van der Waals surface area (Å²) in [6.07, 6.45) is 0. The Morgan fingerprint density at radius 2 is 1.83 bits per heavy atom. The van der Waals surface area contributed by atoms with E-state index in [-0.39, 0.29) is 5.78 Å². The number of nitrogen functional groups attached to an aromatic ring is 1. The number of anilines is 1. The van der Waals surface area contributed by atoms with Crippen molar-refractivity contribution in [1.29, 1.82) is 0 Å². The van der Waals surface area contributed by atoms with Crippen LogP contribution in [0.4, 0.5) is 5.69 Å². The summed E-state index contributed by atoms with van der Waals surface area (Å²) < 4.78 is 0. The molecule has 18 heavy (non-hydrogen) atoms. The monoisotopic (exact) mass is 277 g/mol. The number of nitrogens with two attached hydrogens (primary N) is 1. The van der Waals surface area contributed by atoms with Crippen LogP contribution in [0.5, 0.6) is 0 Å². The normalized spacial score (nSPS) is 10.3. The molecule has 2 aromatic carbocycles. The van der Waals surface area contributed by atoms with Crippen LogP contribution in [0.3, 0.4) is 0 Å². The molecule has 0 saturated carbocycles. The summed E-state index contributed by atoms with van der Waals surface area (Å²) in [5, 5.41) is 0.693. The summed E-state index contributed by atoms with van der Waals surface area (Å²) in [4.78, 5) is 13.5. The number of carbonyl (C=O) groups excluding carboxylic acids is 1. The summed E-state index contributed by atoms with van der Waals surface area (Å²) in [5.41, 5.74) is 6.94. The molecule has 0 fully saturated rings. The van der Waals surface area contributed by atoms with Gasteiger partial charge < -0.3 is 5.73 Å². The van der Waals surface area contributed by atoms with Crippen LogP contribution in [0, 0.1) is 0 Å². The number of rotatable bonds is 3. The summed E-state index contributed by atoms with van der Waals surface area (Å²) in [6, 6.07) is 13.0. The van der Waals surface area contributed by atoms with Crippen molar-refractivity contribution in [2.75, 3.05) is 5.73 Å². The Balaban J connectivity index is 2.37. The van der Waals surface area contributed by atoms with Crippen molar-refractivity contribution in [3.63, 3.8) is 0 Å². The van der Waals surface area contributed by atoms with Crippen LogP contribution >= 0.6 is 23.4 Å². The minimum absolute atomic E-state index is 0.0236. The van der Waals surface area contributed by atoms with Crippen molar-refractivity contribution >= 4 is 34.8 Å². The number of benzene rings is 2. The Morgan fingerprint density at radius 1 is 1.17 bits per heavy atom. The van der Waals surface area contributed by atoms with E-state index < -0.39 is 0 Å². The largest absolute Gasteiger partial charge is 0.398 e. The van der Waals surface area contributed by atoms with Gasteiger partial charge in [-0.15, -0.1) is 0 Å². The minimum Gasteiger partial charge on any atom is -0.398 e. The van der Waals surface area contributed by atoms with Crippen molar-refractivity contribution < 1.29 is 4.79 Å². The first-order valence-corrected chi connectivity index (χ1v) is 6.60. The van der Waals surface area contributed by atoms with E-state index >= 15 is 0 Å². The van der Waals surface area contributed by atoms with Crippen molar-refractivity contribution in [3.8, 4) is 0 Å². The second-order valence-electron chi connectivity index (χ2n) is 3.83. The van der Waals surface area contributed by atoms with E-state index in [2.05, 4.69) is 0 Å². The van der Waals surface area contributed by atoms with Crippen LogP contribution < -0.4 is 5.73 Å². The molecule has 0 saturated heterocycles. The van der Waals surface area contributed by atoms with Gasteiger partial charge in [-0.25, -0.2) is 0 Å². The zero-order chi connectivity index (χ0) is 13.1. The van der Waals surface area contributed by atoms with Crippen molar-refractivity contribution in [2.45, 2.75) is 16.7 Å². The zero-order valence-corrected chi connectivity index (χ0v) is 11.4. The maximum absolute atomic E-state index is 11.6. The fraction of sp³-hybridized carbons (Fsp3) is 0.0714. The number of carbonyl (C=O) groups is 1. The van der Waals surface area contributed by atoms with E-state index in [0.717, 1.165) is 9.79 Å². The lowest BCUT2D eigenvalue weighted by Gasteiger charge is -2.09. The molecule has 0 unspecified atom stereocenters. The molecule has 2 aromatic rings. The molecule has 4 heteroatoms. The van der Waals surface area contributed by atoms with E-state index in [1.54, 1.807) is 6.07 Å². The molecule has 0 radical (unpaired) electrons. The summed E-state index contributed by atoms with van der Waals surface area (Å²) in [6.45, 7) is 1.53. The molecule has 92 valence electrons. The van der Waals surface area contributed by atoms with E-state index in [9.17, 15) is 4.79 Å². The highest BCUT2D eigenvalue weighted by Gasteiger charge is 2.11. The Kier molecular flexibility index (Phi) is 3.94. The Morgan fingerprint density at radius 3 is 2.44 bits per heavy atom. The molecule has 0 aliphatic rings. The molecule has 0 aliphatic heterocycles. The van der Waals surface area contributed by atoms with Gasteiger partial charge in [-0.2, -0.15) is 0 Å². The summed E-state index contributed by atoms with van der Waals surface area (Å²) in [7, 11) is 0. The molecule has 0 atom stereocenters. The Labute approximate surface area is 115 Å². The predicted molar refractivity (Wildman–Crippen MR) is 76.4 cm³/mol. The molecule has 2 nitrogen and oxygen atoms in total. The third-order valence-corrected chi connectivity index (χ3v) is 3.77. The summed E-state index contributed by atoms with van der Waals surface area (Å²) >= 11 is 7.34. The van der Waals surface area contributed by atoms with E-state index in [0.29, 0.717) is 16.3 Å². The Bertz CT molecular complexity index is 581.